The van der Waals surface area contributed by atoms with Crippen LogP contribution in [0, 0.1) is 23.2 Å². The summed E-state index contributed by atoms with van der Waals surface area (Å²) in [6.45, 7) is 0. The van der Waals surface area contributed by atoms with Gasteiger partial charge in [-0.3, -0.25) is 0 Å². The quantitative estimate of drug-likeness (QED) is 0.776. The van der Waals surface area contributed by atoms with E-state index in [1.807, 2.05) is 0 Å². The molecule has 90 valence electrons. The first-order valence-corrected chi connectivity index (χ1v) is 6.85. The van der Waals surface area contributed by atoms with Gasteiger partial charge in [0.05, 0.1) is 18.1 Å². The molecule has 0 amide bonds. The Morgan fingerprint density at radius 3 is 2.44 bits per heavy atom. The van der Waals surface area contributed by atoms with Crippen LogP contribution in [0.4, 0.5) is 0 Å². The molecule has 0 radical (unpaired) electrons. The normalized spacial score (nSPS) is 36.9. The first-order chi connectivity index (χ1) is 7.76. The molecule has 0 aromatic rings. The maximum absolute atomic E-state index is 10.7. The Kier molecular flexibility index (Phi) is 3.86. The van der Waals surface area contributed by atoms with E-state index in [4.69, 9.17) is 5.26 Å². The minimum absolute atomic E-state index is 0.341. The van der Waals surface area contributed by atoms with Crippen molar-refractivity contribution >= 4 is 0 Å². The smallest absolute Gasteiger partial charge is 0.0807 e. The van der Waals surface area contributed by atoms with Crippen molar-refractivity contribution in [1.82, 2.24) is 0 Å². The third kappa shape index (κ3) is 2.40. The van der Waals surface area contributed by atoms with Crippen LogP contribution >= 0.6 is 0 Å². The standard InChI is InChI=1S/C14H23NO/c15-11-10-14(16)9-5-4-8-13(14)12-6-2-1-3-7-12/h12-13,16H,1-10H2. The van der Waals surface area contributed by atoms with Gasteiger partial charge in [-0.25, -0.2) is 0 Å². The number of aliphatic hydroxyl groups is 1. The van der Waals surface area contributed by atoms with E-state index in [1.165, 1.54) is 38.5 Å². The molecule has 2 nitrogen and oxygen atoms in total. The summed E-state index contributed by atoms with van der Waals surface area (Å²) in [4.78, 5) is 0. The molecular formula is C14H23NO. The van der Waals surface area contributed by atoms with E-state index < -0.39 is 5.60 Å². The molecule has 1 N–H and O–H groups in total. The fourth-order valence-electron chi connectivity index (χ4n) is 3.82. The summed E-state index contributed by atoms with van der Waals surface area (Å²) in [5, 5.41) is 19.6. The number of nitriles is 1. The lowest BCUT2D eigenvalue weighted by molar-refractivity contribution is -0.0735. The Morgan fingerprint density at radius 1 is 1.06 bits per heavy atom. The van der Waals surface area contributed by atoms with Crippen molar-refractivity contribution < 1.29 is 5.11 Å². The molecule has 0 aromatic heterocycles. The van der Waals surface area contributed by atoms with Gasteiger partial charge in [0.1, 0.15) is 0 Å². The molecule has 0 spiro atoms. The third-order valence-corrected chi connectivity index (χ3v) is 4.67. The summed E-state index contributed by atoms with van der Waals surface area (Å²) in [7, 11) is 0. The van der Waals surface area contributed by atoms with Gasteiger partial charge in [-0.15, -0.1) is 0 Å². The van der Waals surface area contributed by atoms with Crippen LogP contribution in [-0.4, -0.2) is 10.7 Å². The molecule has 0 bridgehead atoms. The fourth-order valence-corrected chi connectivity index (χ4v) is 3.82. The van der Waals surface area contributed by atoms with E-state index in [0.29, 0.717) is 18.3 Å². The van der Waals surface area contributed by atoms with Crippen LogP contribution in [0.25, 0.3) is 0 Å². The van der Waals surface area contributed by atoms with Crippen LogP contribution in [0.1, 0.15) is 64.2 Å². The van der Waals surface area contributed by atoms with Gasteiger partial charge in [0.15, 0.2) is 0 Å². The van der Waals surface area contributed by atoms with E-state index in [0.717, 1.165) is 19.3 Å². The van der Waals surface area contributed by atoms with Gasteiger partial charge in [0.25, 0.3) is 0 Å². The van der Waals surface area contributed by atoms with Crippen molar-refractivity contribution in [1.29, 1.82) is 5.26 Å². The second kappa shape index (κ2) is 5.19. The van der Waals surface area contributed by atoms with Gasteiger partial charge in [0, 0.05) is 0 Å². The molecule has 2 aliphatic rings. The predicted octanol–water partition coefficient (Wildman–Crippen LogP) is 3.40. The molecular weight excluding hydrogens is 198 g/mol. The van der Waals surface area contributed by atoms with E-state index >= 15 is 0 Å². The van der Waals surface area contributed by atoms with Gasteiger partial charge < -0.3 is 5.11 Å². The van der Waals surface area contributed by atoms with Crippen molar-refractivity contribution in [3.8, 4) is 6.07 Å². The van der Waals surface area contributed by atoms with Crippen molar-refractivity contribution in [2.24, 2.45) is 11.8 Å². The first kappa shape index (κ1) is 11.9. The van der Waals surface area contributed by atoms with Gasteiger partial charge in [-0.1, -0.05) is 44.9 Å². The minimum Gasteiger partial charge on any atom is -0.389 e. The van der Waals surface area contributed by atoms with Crippen molar-refractivity contribution in [3.05, 3.63) is 0 Å². The number of hydrogen-bond donors (Lipinski definition) is 1. The largest absolute Gasteiger partial charge is 0.389 e. The molecule has 0 heterocycles. The summed E-state index contributed by atoms with van der Waals surface area (Å²) in [6, 6.07) is 2.20. The molecule has 2 fully saturated rings. The Morgan fingerprint density at radius 2 is 1.75 bits per heavy atom. The molecule has 2 saturated carbocycles. The summed E-state index contributed by atoms with van der Waals surface area (Å²) in [6.07, 6.45) is 11.2. The number of hydrogen-bond acceptors (Lipinski definition) is 2. The molecule has 2 aliphatic carbocycles. The summed E-state index contributed by atoms with van der Waals surface area (Å²) in [5.74, 6) is 1.09. The highest BCUT2D eigenvalue weighted by Gasteiger charge is 2.42. The summed E-state index contributed by atoms with van der Waals surface area (Å²) in [5.41, 5.74) is -0.658. The van der Waals surface area contributed by atoms with Crippen LogP contribution in [-0.2, 0) is 0 Å². The molecule has 2 rings (SSSR count). The zero-order valence-corrected chi connectivity index (χ0v) is 10.1. The van der Waals surface area contributed by atoms with Crippen LogP contribution < -0.4 is 0 Å². The third-order valence-electron chi connectivity index (χ3n) is 4.67. The minimum atomic E-state index is -0.658. The molecule has 0 aliphatic heterocycles. The average molecular weight is 221 g/mol. The Bertz CT molecular complexity index is 264. The lowest BCUT2D eigenvalue weighted by Crippen LogP contribution is -2.44. The van der Waals surface area contributed by atoms with Gasteiger partial charge >= 0.3 is 0 Å². The highest BCUT2D eigenvalue weighted by atomic mass is 16.3. The Labute approximate surface area is 98.7 Å². The zero-order valence-electron chi connectivity index (χ0n) is 10.1. The molecule has 2 heteroatoms. The van der Waals surface area contributed by atoms with E-state index in [2.05, 4.69) is 6.07 Å². The van der Waals surface area contributed by atoms with Gasteiger partial charge in [-0.05, 0) is 24.7 Å². The Hall–Kier alpha value is -0.550. The van der Waals surface area contributed by atoms with Crippen LogP contribution in [0.3, 0.4) is 0 Å². The topological polar surface area (TPSA) is 44.0 Å². The predicted molar refractivity (Wildman–Crippen MR) is 63.7 cm³/mol. The highest BCUT2D eigenvalue weighted by molar-refractivity contribution is 4.98. The maximum Gasteiger partial charge on any atom is 0.0807 e. The van der Waals surface area contributed by atoms with Crippen molar-refractivity contribution in [2.75, 3.05) is 0 Å². The summed E-state index contributed by atoms with van der Waals surface area (Å²) < 4.78 is 0. The monoisotopic (exact) mass is 221 g/mol. The molecule has 2 atom stereocenters. The molecule has 2 unspecified atom stereocenters. The SMILES string of the molecule is N#CCC1(O)CCCCC1C1CCCCC1. The first-order valence-electron chi connectivity index (χ1n) is 6.85. The van der Waals surface area contributed by atoms with Crippen LogP contribution in [0.15, 0.2) is 0 Å². The van der Waals surface area contributed by atoms with Crippen LogP contribution in [0.5, 0.6) is 0 Å². The highest BCUT2D eigenvalue weighted by Crippen LogP contribution is 2.45. The molecule has 0 aromatic carbocycles. The lowest BCUT2D eigenvalue weighted by atomic mass is 9.64. The van der Waals surface area contributed by atoms with E-state index in [1.54, 1.807) is 0 Å². The maximum atomic E-state index is 10.7. The lowest BCUT2D eigenvalue weighted by Gasteiger charge is -2.44. The second-order valence-corrected chi connectivity index (χ2v) is 5.69. The number of nitrogens with zero attached hydrogens (tertiary/aromatic N) is 1. The van der Waals surface area contributed by atoms with E-state index in [9.17, 15) is 5.11 Å². The number of rotatable bonds is 2. The van der Waals surface area contributed by atoms with Crippen molar-refractivity contribution in [3.63, 3.8) is 0 Å². The zero-order chi connectivity index (χ0) is 11.4. The fraction of sp³-hybridized carbons (Fsp3) is 0.929. The molecule has 16 heavy (non-hydrogen) atoms. The Balaban J connectivity index is 2.06. The van der Waals surface area contributed by atoms with Gasteiger partial charge in [-0.2, -0.15) is 5.26 Å². The van der Waals surface area contributed by atoms with E-state index in [-0.39, 0.29) is 0 Å². The average Bonchev–Trinajstić information content (AvgIpc) is 2.31. The summed E-state index contributed by atoms with van der Waals surface area (Å²) >= 11 is 0. The molecule has 0 saturated heterocycles. The van der Waals surface area contributed by atoms with Crippen LogP contribution in [0.2, 0.25) is 0 Å². The van der Waals surface area contributed by atoms with Crippen molar-refractivity contribution in [2.45, 2.75) is 69.8 Å². The van der Waals surface area contributed by atoms with Gasteiger partial charge in [0.2, 0.25) is 0 Å². The second-order valence-electron chi connectivity index (χ2n) is 5.69.